The van der Waals surface area contributed by atoms with Crippen LogP contribution >= 0.6 is 0 Å². The summed E-state index contributed by atoms with van der Waals surface area (Å²) in [5, 5.41) is 33.8. The number of carboxylic acids is 1. The average Bonchev–Trinajstić information content (AvgIpc) is 2.75. The van der Waals surface area contributed by atoms with E-state index < -0.39 is 30.7 Å². The first kappa shape index (κ1) is 31.7. The van der Waals surface area contributed by atoms with Crippen molar-refractivity contribution < 1.29 is 34.8 Å². The van der Waals surface area contributed by atoms with Gasteiger partial charge in [0.1, 0.15) is 18.8 Å². The molecule has 184 valence electrons. The zero-order valence-electron chi connectivity index (χ0n) is 19.2. The Balaban J connectivity index is 0. The Morgan fingerprint density at radius 3 is 1.87 bits per heavy atom. The summed E-state index contributed by atoms with van der Waals surface area (Å²) < 4.78 is 4.77. The number of carbonyl (C=O) groups is 2. The van der Waals surface area contributed by atoms with Crippen molar-refractivity contribution in [3.05, 3.63) is 12.2 Å². The highest BCUT2D eigenvalue weighted by Gasteiger charge is 2.08. The molecule has 0 aliphatic rings. The van der Waals surface area contributed by atoms with Gasteiger partial charge in [-0.3, -0.25) is 4.79 Å². The lowest BCUT2D eigenvalue weighted by molar-refractivity contribution is -0.141. The topological polar surface area (TPSA) is 150 Å². The van der Waals surface area contributed by atoms with Crippen molar-refractivity contribution in [3.63, 3.8) is 0 Å². The minimum Gasteiger partial charge on any atom is -0.480 e. The molecule has 0 rings (SSSR count). The number of rotatable bonds is 19. The number of unbranched alkanes of at least 4 members (excludes halogenated alkanes) is 11. The Hall–Kier alpha value is -1.48. The van der Waals surface area contributed by atoms with Crippen molar-refractivity contribution in [2.75, 3.05) is 19.8 Å². The number of aliphatic hydroxyl groups excluding tert-OH is 3. The number of aliphatic hydroxyl groups is 3. The molecule has 0 fully saturated rings. The number of ether oxygens (including phenoxy) is 1. The monoisotopic (exact) mass is 447 g/mol. The molecule has 0 aromatic heterocycles. The summed E-state index contributed by atoms with van der Waals surface area (Å²) in [6, 6.07) is -0.917. The molecule has 0 aliphatic carbocycles. The summed E-state index contributed by atoms with van der Waals surface area (Å²) in [5.74, 6) is -1.53. The number of esters is 1. The minimum absolute atomic E-state index is 0.120. The van der Waals surface area contributed by atoms with Crippen LogP contribution in [0.25, 0.3) is 0 Å². The predicted octanol–water partition coefficient (Wildman–Crippen LogP) is 2.92. The molecule has 0 aromatic rings. The van der Waals surface area contributed by atoms with Gasteiger partial charge in [-0.1, -0.05) is 77.2 Å². The van der Waals surface area contributed by atoms with Crippen molar-refractivity contribution in [3.8, 4) is 0 Å². The second-order valence-electron chi connectivity index (χ2n) is 7.65. The standard InChI is InChI=1S/C19H36O4.C4H9NO3/c1-2-3-4-5-6-7-8-9-10-11-12-13-14-15-19(22)23-17-18(21)16-20;5-3(1-2-6)4(7)8/h14-15,18,20-21H,2-13,16-17H2,1H3;3,6H,1-2,5H2,(H,7,8)/t;3-/m.0/s1. The van der Waals surface area contributed by atoms with E-state index in [1.807, 2.05) is 6.08 Å². The zero-order chi connectivity index (χ0) is 23.7. The molecule has 0 heterocycles. The van der Waals surface area contributed by atoms with E-state index >= 15 is 0 Å². The minimum atomic E-state index is -1.07. The molecule has 0 radical (unpaired) electrons. The smallest absolute Gasteiger partial charge is 0.330 e. The second-order valence-corrected chi connectivity index (χ2v) is 7.65. The van der Waals surface area contributed by atoms with E-state index in [2.05, 4.69) is 6.92 Å². The van der Waals surface area contributed by atoms with Crippen molar-refractivity contribution >= 4 is 11.9 Å². The molecule has 8 nitrogen and oxygen atoms in total. The molecule has 8 heteroatoms. The Morgan fingerprint density at radius 1 is 0.935 bits per heavy atom. The summed E-state index contributed by atoms with van der Waals surface area (Å²) in [5.41, 5.74) is 4.97. The fraction of sp³-hybridized carbons (Fsp3) is 0.826. The summed E-state index contributed by atoms with van der Waals surface area (Å²) >= 11 is 0. The number of carboxylic acid groups (broad SMARTS) is 1. The molecular weight excluding hydrogens is 402 g/mol. The van der Waals surface area contributed by atoms with Gasteiger partial charge < -0.3 is 30.9 Å². The third kappa shape index (κ3) is 26.5. The van der Waals surface area contributed by atoms with Crippen LogP contribution in [0.1, 0.15) is 90.4 Å². The van der Waals surface area contributed by atoms with Gasteiger partial charge in [0.25, 0.3) is 0 Å². The maximum atomic E-state index is 11.3. The van der Waals surface area contributed by atoms with Crippen LogP contribution in [0.15, 0.2) is 12.2 Å². The molecule has 0 bridgehead atoms. The van der Waals surface area contributed by atoms with Crippen LogP contribution in [0, 0.1) is 0 Å². The van der Waals surface area contributed by atoms with Gasteiger partial charge in [-0.05, 0) is 19.3 Å². The summed E-state index contributed by atoms with van der Waals surface area (Å²) in [7, 11) is 0. The predicted molar refractivity (Wildman–Crippen MR) is 122 cm³/mol. The van der Waals surface area contributed by atoms with Crippen LogP contribution in [0.3, 0.4) is 0 Å². The average molecular weight is 448 g/mol. The molecule has 6 N–H and O–H groups in total. The molecule has 2 atom stereocenters. The van der Waals surface area contributed by atoms with E-state index in [0.717, 1.165) is 12.8 Å². The molecule has 1 unspecified atom stereocenters. The van der Waals surface area contributed by atoms with Crippen molar-refractivity contribution in [2.24, 2.45) is 5.73 Å². The lowest BCUT2D eigenvalue weighted by Gasteiger charge is -2.06. The maximum absolute atomic E-state index is 11.3. The highest BCUT2D eigenvalue weighted by Crippen LogP contribution is 2.12. The van der Waals surface area contributed by atoms with Gasteiger partial charge in [-0.2, -0.15) is 0 Å². The van der Waals surface area contributed by atoms with E-state index in [1.165, 1.54) is 70.3 Å². The van der Waals surface area contributed by atoms with E-state index in [9.17, 15) is 9.59 Å². The third-order valence-electron chi connectivity index (χ3n) is 4.61. The molecule has 31 heavy (non-hydrogen) atoms. The number of hydrogen-bond acceptors (Lipinski definition) is 7. The zero-order valence-corrected chi connectivity index (χ0v) is 19.2. The summed E-state index contributed by atoms with van der Waals surface area (Å²) in [6.45, 7) is 1.53. The maximum Gasteiger partial charge on any atom is 0.330 e. The lowest BCUT2D eigenvalue weighted by Crippen LogP contribution is -2.30. The largest absolute Gasteiger partial charge is 0.480 e. The summed E-state index contributed by atoms with van der Waals surface area (Å²) in [4.78, 5) is 21.1. The Kier molecular flexibility index (Phi) is 25.3. The first-order valence-electron chi connectivity index (χ1n) is 11.6. The van der Waals surface area contributed by atoms with Gasteiger partial charge in [0.15, 0.2) is 0 Å². The van der Waals surface area contributed by atoms with Gasteiger partial charge in [0.2, 0.25) is 0 Å². The first-order chi connectivity index (χ1) is 14.9. The molecule has 0 saturated heterocycles. The van der Waals surface area contributed by atoms with E-state index in [4.69, 9.17) is 30.9 Å². The highest BCUT2D eigenvalue weighted by atomic mass is 16.5. The quantitative estimate of drug-likeness (QED) is 0.115. The van der Waals surface area contributed by atoms with Crippen molar-refractivity contribution in [1.29, 1.82) is 0 Å². The fourth-order valence-electron chi connectivity index (χ4n) is 2.65. The molecule has 0 aromatic carbocycles. The van der Waals surface area contributed by atoms with E-state index in [1.54, 1.807) is 0 Å². The molecule has 0 saturated carbocycles. The number of carbonyl (C=O) groups excluding carboxylic acids is 1. The van der Waals surface area contributed by atoms with Gasteiger partial charge in [0.05, 0.1) is 6.61 Å². The fourth-order valence-corrected chi connectivity index (χ4v) is 2.65. The second kappa shape index (κ2) is 24.8. The third-order valence-corrected chi connectivity index (χ3v) is 4.61. The van der Waals surface area contributed by atoms with Crippen molar-refractivity contribution in [1.82, 2.24) is 0 Å². The van der Waals surface area contributed by atoms with Crippen molar-refractivity contribution in [2.45, 2.75) is 103 Å². The summed E-state index contributed by atoms with van der Waals surface area (Å²) in [6.07, 6.45) is 17.7. The SMILES string of the molecule is CCCCCCCCCCCCCC=CC(=O)OCC(O)CO.N[C@@H](CCO)C(=O)O. The number of hydrogen-bond donors (Lipinski definition) is 5. The van der Waals surface area contributed by atoms with Gasteiger partial charge >= 0.3 is 11.9 Å². The van der Waals surface area contributed by atoms with Gasteiger partial charge in [0, 0.05) is 12.7 Å². The van der Waals surface area contributed by atoms with Gasteiger partial charge in [-0.25, -0.2) is 4.79 Å². The number of allylic oxidation sites excluding steroid dienone is 1. The van der Waals surface area contributed by atoms with Crippen LogP contribution in [0.5, 0.6) is 0 Å². The van der Waals surface area contributed by atoms with Gasteiger partial charge in [-0.15, -0.1) is 0 Å². The van der Waals surface area contributed by atoms with Crippen LogP contribution in [0.4, 0.5) is 0 Å². The Labute approximate surface area is 187 Å². The van der Waals surface area contributed by atoms with Crippen LogP contribution in [-0.4, -0.2) is 64.3 Å². The first-order valence-corrected chi connectivity index (χ1v) is 11.6. The van der Waals surface area contributed by atoms with Crippen LogP contribution in [0.2, 0.25) is 0 Å². The Bertz CT molecular complexity index is 444. The molecule has 0 amide bonds. The lowest BCUT2D eigenvalue weighted by atomic mass is 10.1. The van der Waals surface area contributed by atoms with E-state index in [-0.39, 0.29) is 19.6 Å². The number of nitrogens with two attached hydrogens (primary N) is 1. The van der Waals surface area contributed by atoms with Crippen LogP contribution < -0.4 is 5.73 Å². The molecule has 0 spiro atoms. The Morgan fingerprint density at radius 2 is 1.45 bits per heavy atom. The van der Waals surface area contributed by atoms with Crippen LogP contribution in [-0.2, 0) is 14.3 Å². The highest BCUT2D eigenvalue weighted by molar-refractivity contribution is 5.81. The van der Waals surface area contributed by atoms with E-state index in [0.29, 0.717) is 0 Å². The molecular formula is C23H45NO7. The number of aliphatic carboxylic acids is 1. The normalized spacial score (nSPS) is 12.8. The molecule has 0 aliphatic heterocycles.